The van der Waals surface area contributed by atoms with E-state index in [0.29, 0.717) is 32.5 Å². The van der Waals surface area contributed by atoms with E-state index < -0.39 is 0 Å². The molecule has 1 N–H and O–H groups in total. The third kappa shape index (κ3) is 6.12. The summed E-state index contributed by atoms with van der Waals surface area (Å²) < 4.78 is 12.9. The quantitative estimate of drug-likeness (QED) is 0.797. The van der Waals surface area contributed by atoms with Crippen LogP contribution in [0.15, 0.2) is 41.8 Å². The molecule has 24 heavy (non-hydrogen) atoms. The SMILES string of the molecule is CC(=O)N(CCNC(=O)Cc1cccs1)CCc1ccc(F)cc1. The minimum atomic E-state index is -0.268. The molecule has 0 aliphatic heterocycles. The van der Waals surface area contributed by atoms with Gasteiger partial charge in [-0.1, -0.05) is 18.2 Å². The van der Waals surface area contributed by atoms with Crippen molar-refractivity contribution in [2.45, 2.75) is 19.8 Å². The van der Waals surface area contributed by atoms with Crippen molar-refractivity contribution in [1.29, 1.82) is 0 Å². The lowest BCUT2D eigenvalue weighted by atomic mass is 10.1. The molecule has 0 radical (unpaired) electrons. The molecule has 2 rings (SSSR count). The Hall–Kier alpha value is -2.21. The van der Waals surface area contributed by atoms with Gasteiger partial charge in [-0.2, -0.15) is 0 Å². The van der Waals surface area contributed by atoms with E-state index in [1.54, 1.807) is 28.4 Å². The summed E-state index contributed by atoms with van der Waals surface area (Å²) in [5.74, 6) is -0.347. The molecule has 0 spiro atoms. The van der Waals surface area contributed by atoms with E-state index in [0.717, 1.165) is 10.4 Å². The van der Waals surface area contributed by atoms with Crippen molar-refractivity contribution in [2.24, 2.45) is 0 Å². The van der Waals surface area contributed by atoms with Gasteiger partial charge < -0.3 is 10.2 Å². The lowest BCUT2D eigenvalue weighted by molar-refractivity contribution is -0.129. The summed E-state index contributed by atoms with van der Waals surface area (Å²) in [6.45, 7) is 2.94. The van der Waals surface area contributed by atoms with Crippen molar-refractivity contribution >= 4 is 23.2 Å². The van der Waals surface area contributed by atoms with Gasteiger partial charge >= 0.3 is 0 Å². The second-order valence-corrected chi connectivity index (χ2v) is 6.52. The standard InChI is InChI=1S/C18H21FN2O2S/c1-14(22)21(10-8-15-4-6-16(19)7-5-15)11-9-20-18(23)13-17-3-2-12-24-17/h2-7,12H,8-11,13H2,1H3,(H,20,23). The smallest absolute Gasteiger partial charge is 0.225 e. The minimum Gasteiger partial charge on any atom is -0.354 e. The summed E-state index contributed by atoms with van der Waals surface area (Å²) >= 11 is 1.55. The molecule has 0 aliphatic rings. The Balaban J connectivity index is 1.73. The summed E-state index contributed by atoms with van der Waals surface area (Å²) in [7, 11) is 0. The fourth-order valence-electron chi connectivity index (χ4n) is 2.31. The van der Waals surface area contributed by atoms with E-state index in [1.165, 1.54) is 19.1 Å². The number of nitrogens with one attached hydrogen (secondary N) is 1. The van der Waals surface area contributed by atoms with Crippen LogP contribution in [0.1, 0.15) is 17.4 Å². The molecule has 0 atom stereocenters. The zero-order valence-electron chi connectivity index (χ0n) is 13.6. The number of carbonyl (C=O) groups excluding carboxylic acids is 2. The second kappa shape index (κ2) is 9.17. The number of hydrogen-bond donors (Lipinski definition) is 1. The predicted molar refractivity (Wildman–Crippen MR) is 93.4 cm³/mol. The van der Waals surface area contributed by atoms with E-state index in [-0.39, 0.29) is 17.6 Å². The summed E-state index contributed by atoms with van der Waals surface area (Å²) in [5.41, 5.74) is 0.976. The van der Waals surface area contributed by atoms with E-state index in [1.807, 2.05) is 17.5 Å². The number of nitrogens with zero attached hydrogens (tertiary/aromatic N) is 1. The molecule has 1 aromatic heterocycles. The Kier molecular flexibility index (Phi) is 6.93. The Labute approximate surface area is 145 Å². The molecule has 4 nitrogen and oxygen atoms in total. The Bertz CT molecular complexity index is 656. The molecule has 128 valence electrons. The highest BCUT2D eigenvalue weighted by Crippen LogP contribution is 2.08. The Morgan fingerprint density at radius 3 is 2.54 bits per heavy atom. The lowest BCUT2D eigenvalue weighted by Gasteiger charge is -2.21. The number of amides is 2. The van der Waals surface area contributed by atoms with Gasteiger partial charge in [0.1, 0.15) is 5.82 Å². The number of benzene rings is 1. The van der Waals surface area contributed by atoms with Crippen LogP contribution in [-0.2, 0) is 22.4 Å². The van der Waals surface area contributed by atoms with Crippen molar-refractivity contribution < 1.29 is 14.0 Å². The van der Waals surface area contributed by atoms with Gasteiger partial charge in [0.05, 0.1) is 6.42 Å². The molecule has 0 unspecified atom stereocenters. The van der Waals surface area contributed by atoms with Crippen LogP contribution in [0, 0.1) is 5.82 Å². The highest BCUT2D eigenvalue weighted by molar-refractivity contribution is 7.10. The van der Waals surface area contributed by atoms with Crippen LogP contribution in [0.25, 0.3) is 0 Å². The summed E-state index contributed by atoms with van der Waals surface area (Å²) in [5, 5.41) is 4.78. The first-order valence-corrected chi connectivity index (χ1v) is 8.71. The number of halogens is 1. The van der Waals surface area contributed by atoms with Gasteiger partial charge in [0, 0.05) is 31.4 Å². The van der Waals surface area contributed by atoms with Crippen LogP contribution in [-0.4, -0.2) is 36.3 Å². The molecule has 0 aliphatic carbocycles. The molecule has 1 heterocycles. The van der Waals surface area contributed by atoms with Crippen LogP contribution in [0.5, 0.6) is 0 Å². The molecule has 2 amide bonds. The van der Waals surface area contributed by atoms with Crippen LogP contribution in [0.3, 0.4) is 0 Å². The summed E-state index contributed by atoms with van der Waals surface area (Å²) in [6.07, 6.45) is 1.02. The Morgan fingerprint density at radius 2 is 1.92 bits per heavy atom. The van der Waals surface area contributed by atoms with Gasteiger partial charge in [0.2, 0.25) is 11.8 Å². The Morgan fingerprint density at radius 1 is 1.17 bits per heavy atom. The third-order valence-corrected chi connectivity index (χ3v) is 4.52. The number of hydrogen-bond acceptors (Lipinski definition) is 3. The topological polar surface area (TPSA) is 49.4 Å². The first kappa shape index (κ1) is 18.1. The van der Waals surface area contributed by atoms with Crippen LogP contribution in [0.4, 0.5) is 4.39 Å². The molecule has 6 heteroatoms. The highest BCUT2D eigenvalue weighted by Gasteiger charge is 2.10. The van der Waals surface area contributed by atoms with E-state index in [2.05, 4.69) is 5.32 Å². The van der Waals surface area contributed by atoms with Crippen LogP contribution < -0.4 is 5.32 Å². The number of carbonyl (C=O) groups is 2. The van der Waals surface area contributed by atoms with Gasteiger partial charge in [-0.05, 0) is 35.6 Å². The molecule has 0 fully saturated rings. The largest absolute Gasteiger partial charge is 0.354 e. The van der Waals surface area contributed by atoms with Gasteiger partial charge in [-0.15, -0.1) is 11.3 Å². The maximum Gasteiger partial charge on any atom is 0.225 e. The van der Waals surface area contributed by atoms with Crippen molar-refractivity contribution in [3.63, 3.8) is 0 Å². The van der Waals surface area contributed by atoms with E-state index >= 15 is 0 Å². The zero-order valence-corrected chi connectivity index (χ0v) is 14.4. The summed E-state index contributed by atoms with van der Waals surface area (Å²) in [6, 6.07) is 10.1. The molecule has 0 bridgehead atoms. The molecular formula is C18H21FN2O2S. The second-order valence-electron chi connectivity index (χ2n) is 5.49. The van der Waals surface area contributed by atoms with Gasteiger partial charge in [-0.3, -0.25) is 9.59 Å². The highest BCUT2D eigenvalue weighted by atomic mass is 32.1. The molecule has 1 aromatic carbocycles. The van der Waals surface area contributed by atoms with E-state index in [4.69, 9.17) is 0 Å². The average Bonchev–Trinajstić information content (AvgIpc) is 3.04. The normalized spacial score (nSPS) is 10.4. The molecule has 2 aromatic rings. The minimum absolute atomic E-state index is 0.0374. The van der Waals surface area contributed by atoms with Gasteiger partial charge in [0.15, 0.2) is 0 Å². The summed E-state index contributed by atoms with van der Waals surface area (Å²) in [4.78, 5) is 26.2. The lowest BCUT2D eigenvalue weighted by Crippen LogP contribution is -2.38. The number of thiophene rings is 1. The van der Waals surface area contributed by atoms with Gasteiger partial charge in [0.25, 0.3) is 0 Å². The first-order valence-electron chi connectivity index (χ1n) is 7.83. The number of rotatable bonds is 8. The third-order valence-electron chi connectivity index (χ3n) is 3.65. The van der Waals surface area contributed by atoms with Gasteiger partial charge in [-0.25, -0.2) is 4.39 Å². The monoisotopic (exact) mass is 348 g/mol. The van der Waals surface area contributed by atoms with Crippen LogP contribution >= 0.6 is 11.3 Å². The van der Waals surface area contributed by atoms with Crippen LogP contribution in [0.2, 0.25) is 0 Å². The first-order chi connectivity index (χ1) is 11.5. The predicted octanol–water partition coefficient (Wildman–Crippen LogP) is 2.64. The zero-order chi connectivity index (χ0) is 17.4. The molecular weight excluding hydrogens is 327 g/mol. The average molecular weight is 348 g/mol. The van der Waals surface area contributed by atoms with Crippen molar-refractivity contribution in [2.75, 3.05) is 19.6 Å². The fourth-order valence-corrected chi connectivity index (χ4v) is 3.01. The van der Waals surface area contributed by atoms with Crippen molar-refractivity contribution in [3.05, 3.63) is 58.0 Å². The maximum atomic E-state index is 12.9. The molecule has 0 saturated heterocycles. The fraction of sp³-hybridized carbons (Fsp3) is 0.333. The van der Waals surface area contributed by atoms with E-state index in [9.17, 15) is 14.0 Å². The van der Waals surface area contributed by atoms with Crippen molar-refractivity contribution in [3.8, 4) is 0 Å². The molecule has 0 saturated carbocycles. The maximum absolute atomic E-state index is 12.9. The van der Waals surface area contributed by atoms with Crippen molar-refractivity contribution in [1.82, 2.24) is 10.2 Å².